The predicted molar refractivity (Wildman–Crippen MR) is 213 cm³/mol. The Bertz CT molecular complexity index is 2900. The number of halogens is 1. The number of fused-ring (bicyclic) bond motifs is 8. The molecule has 0 saturated carbocycles. The average molecular weight is 706 g/mol. The molecule has 236 valence electrons. The van der Waals surface area contributed by atoms with Crippen molar-refractivity contribution >= 4 is 87.5 Å². The third-order valence-electron chi connectivity index (χ3n) is 9.83. The van der Waals surface area contributed by atoms with E-state index in [9.17, 15) is 0 Å². The van der Waals surface area contributed by atoms with Gasteiger partial charge in [0.15, 0.2) is 0 Å². The van der Waals surface area contributed by atoms with Crippen LogP contribution in [0, 0.1) is 0 Å². The van der Waals surface area contributed by atoms with Gasteiger partial charge in [0, 0.05) is 43.1 Å². The minimum Gasteiger partial charge on any atom is -0.455 e. The van der Waals surface area contributed by atoms with E-state index in [0.29, 0.717) is 0 Å². The normalized spacial score (nSPS) is 11.7. The number of nitrogens with zero attached hydrogens (tertiary/aromatic N) is 2. The van der Waals surface area contributed by atoms with E-state index in [1.54, 1.807) is 0 Å². The molecular weight excluding hydrogens is 676 g/mol. The summed E-state index contributed by atoms with van der Waals surface area (Å²) < 4.78 is 10.2. The topological polar surface area (TPSA) is 21.3 Å². The fourth-order valence-corrected chi connectivity index (χ4v) is 8.12. The lowest BCUT2D eigenvalue weighted by Crippen LogP contribution is -2.10. The summed E-state index contributed by atoms with van der Waals surface area (Å²) in [4.78, 5) is 2.35. The SMILES string of the molecule is Brc1ccccc1-c1cccc(N(c2ccccc2)c2ccc3c4c5oc6ccccc6c5ccc4n(-c4cccc5ccccc45)c3c2)c1. The van der Waals surface area contributed by atoms with Crippen LogP contribution in [-0.4, -0.2) is 4.57 Å². The maximum atomic E-state index is 6.66. The van der Waals surface area contributed by atoms with E-state index in [0.717, 1.165) is 82.1 Å². The Balaban J connectivity index is 1.28. The molecule has 8 aromatic carbocycles. The highest BCUT2D eigenvalue weighted by atomic mass is 79.9. The molecule has 0 aliphatic heterocycles. The van der Waals surface area contributed by atoms with Crippen LogP contribution in [0.1, 0.15) is 0 Å². The minimum atomic E-state index is 0.901. The van der Waals surface area contributed by atoms with Gasteiger partial charge in [0.05, 0.1) is 22.1 Å². The van der Waals surface area contributed by atoms with Crippen LogP contribution in [0.5, 0.6) is 0 Å². The van der Waals surface area contributed by atoms with Crippen LogP contribution in [0.4, 0.5) is 17.1 Å². The van der Waals surface area contributed by atoms with Crippen molar-refractivity contribution in [2.24, 2.45) is 0 Å². The minimum absolute atomic E-state index is 0.901. The Morgan fingerprint density at radius 3 is 2.08 bits per heavy atom. The van der Waals surface area contributed by atoms with Crippen LogP contribution in [-0.2, 0) is 0 Å². The van der Waals surface area contributed by atoms with E-state index in [2.05, 4.69) is 195 Å². The molecule has 0 unspecified atom stereocenters. The first-order valence-corrected chi connectivity index (χ1v) is 17.6. The monoisotopic (exact) mass is 704 g/mol. The maximum Gasteiger partial charge on any atom is 0.145 e. The van der Waals surface area contributed by atoms with Crippen molar-refractivity contribution < 1.29 is 4.42 Å². The van der Waals surface area contributed by atoms with Gasteiger partial charge >= 0.3 is 0 Å². The molecular formula is C46H29BrN2O. The zero-order valence-corrected chi connectivity index (χ0v) is 28.5. The Labute approximate surface area is 297 Å². The molecule has 0 aliphatic rings. The van der Waals surface area contributed by atoms with E-state index in [4.69, 9.17) is 4.42 Å². The second kappa shape index (κ2) is 11.5. The molecule has 2 aromatic heterocycles. The second-order valence-electron chi connectivity index (χ2n) is 12.7. The Hall–Kier alpha value is -6.10. The summed E-state index contributed by atoms with van der Waals surface area (Å²) in [6.45, 7) is 0. The highest BCUT2D eigenvalue weighted by Crippen LogP contribution is 2.44. The van der Waals surface area contributed by atoms with Crippen molar-refractivity contribution in [1.29, 1.82) is 0 Å². The lowest BCUT2D eigenvalue weighted by molar-refractivity contribution is 0.673. The first kappa shape index (κ1) is 28.9. The number of hydrogen-bond donors (Lipinski definition) is 0. The summed E-state index contributed by atoms with van der Waals surface area (Å²) in [5.41, 5.74) is 10.7. The van der Waals surface area contributed by atoms with Gasteiger partial charge in [-0.25, -0.2) is 0 Å². The molecule has 10 rings (SSSR count). The smallest absolute Gasteiger partial charge is 0.145 e. The third-order valence-corrected chi connectivity index (χ3v) is 10.5. The molecule has 0 atom stereocenters. The lowest BCUT2D eigenvalue weighted by Gasteiger charge is -2.26. The number of aromatic nitrogens is 1. The average Bonchev–Trinajstić information content (AvgIpc) is 3.71. The number of rotatable bonds is 5. The standard InChI is InChI=1S/C46H29BrN2O/c47-40-21-8-6-18-35(40)31-14-10-17-33(28-31)48(32-15-2-1-3-16-32)34-24-25-39-43(29-34)49(41-22-11-13-30-12-4-5-19-36(30)41)42-27-26-38-37-20-7-9-23-44(37)50-46(38)45(39)42/h1-29H. The van der Waals surface area contributed by atoms with Gasteiger partial charge in [-0.15, -0.1) is 0 Å². The van der Waals surface area contributed by atoms with E-state index in [-0.39, 0.29) is 0 Å². The van der Waals surface area contributed by atoms with Gasteiger partial charge < -0.3 is 13.9 Å². The largest absolute Gasteiger partial charge is 0.455 e. The van der Waals surface area contributed by atoms with Gasteiger partial charge in [-0.2, -0.15) is 0 Å². The Kier molecular flexibility index (Phi) is 6.64. The quantitative estimate of drug-likeness (QED) is 0.178. The van der Waals surface area contributed by atoms with Crippen molar-refractivity contribution in [1.82, 2.24) is 4.57 Å². The molecule has 0 N–H and O–H groups in total. The zero-order chi connectivity index (χ0) is 33.2. The summed E-state index contributed by atoms with van der Waals surface area (Å²) in [6, 6.07) is 62.6. The van der Waals surface area contributed by atoms with Crippen molar-refractivity contribution in [3.8, 4) is 16.8 Å². The maximum absolute atomic E-state index is 6.66. The molecule has 0 radical (unpaired) electrons. The zero-order valence-electron chi connectivity index (χ0n) is 26.9. The van der Waals surface area contributed by atoms with Crippen LogP contribution in [0.25, 0.3) is 71.3 Å². The van der Waals surface area contributed by atoms with Crippen molar-refractivity contribution in [2.75, 3.05) is 4.90 Å². The van der Waals surface area contributed by atoms with Crippen molar-refractivity contribution in [3.63, 3.8) is 0 Å². The number of benzene rings is 8. The highest BCUT2D eigenvalue weighted by molar-refractivity contribution is 9.10. The molecule has 50 heavy (non-hydrogen) atoms. The van der Waals surface area contributed by atoms with Crippen LogP contribution in [0.2, 0.25) is 0 Å². The summed E-state index contributed by atoms with van der Waals surface area (Å²) >= 11 is 3.78. The third kappa shape index (κ3) is 4.49. The fraction of sp³-hybridized carbons (Fsp3) is 0. The molecule has 0 bridgehead atoms. The van der Waals surface area contributed by atoms with E-state index >= 15 is 0 Å². The predicted octanol–water partition coefficient (Wildman–Crippen LogP) is 13.7. The van der Waals surface area contributed by atoms with Crippen LogP contribution >= 0.6 is 15.9 Å². The van der Waals surface area contributed by atoms with Gasteiger partial charge in [-0.05, 0) is 89.3 Å². The molecule has 0 spiro atoms. The molecule has 10 aromatic rings. The summed E-state index contributed by atoms with van der Waals surface area (Å²) in [6.07, 6.45) is 0. The molecule has 3 nitrogen and oxygen atoms in total. The van der Waals surface area contributed by atoms with Gasteiger partial charge in [0.2, 0.25) is 0 Å². The summed E-state index contributed by atoms with van der Waals surface area (Å²) in [7, 11) is 0. The highest BCUT2D eigenvalue weighted by Gasteiger charge is 2.22. The Morgan fingerprint density at radius 2 is 1.18 bits per heavy atom. The number of para-hydroxylation sites is 2. The van der Waals surface area contributed by atoms with Gasteiger partial charge in [-0.3, -0.25) is 0 Å². The van der Waals surface area contributed by atoms with Gasteiger partial charge in [0.1, 0.15) is 11.2 Å². The molecule has 4 heteroatoms. The second-order valence-corrected chi connectivity index (χ2v) is 13.5. The summed E-state index contributed by atoms with van der Waals surface area (Å²) in [5, 5.41) is 6.93. The molecule has 0 aliphatic carbocycles. The first-order chi connectivity index (χ1) is 24.7. The summed E-state index contributed by atoms with van der Waals surface area (Å²) in [5.74, 6) is 0. The lowest BCUT2D eigenvalue weighted by atomic mass is 10.0. The number of hydrogen-bond acceptors (Lipinski definition) is 2. The molecule has 0 saturated heterocycles. The van der Waals surface area contributed by atoms with Crippen molar-refractivity contribution in [2.45, 2.75) is 0 Å². The van der Waals surface area contributed by atoms with E-state index in [1.165, 1.54) is 10.8 Å². The molecule has 0 amide bonds. The fourth-order valence-electron chi connectivity index (χ4n) is 7.61. The number of anilines is 3. The number of furan rings is 1. The van der Waals surface area contributed by atoms with Crippen LogP contribution < -0.4 is 4.90 Å². The van der Waals surface area contributed by atoms with Gasteiger partial charge in [-0.1, -0.05) is 119 Å². The molecule has 2 heterocycles. The Morgan fingerprint density at radius 1 is 0.480 bits per heavy atom. The first-order valence-electron chi connectivity index (χ1n) is 16.8. The van der Waals surface area contributed by atoms with Gasteiger partial charge in [0.25, 0.3) is 0 Å². The van der Waals surface area contributed by atoms with Crippen LogP contribution in [0.3, 0.4) is 0 Å². The van der Waals surface area contributed by atoms with Crippen molar-refractivity contribution in [3.05, 3.63) is 180 Å². The van der Waals surface area contributed by atoms with E-state index in [1.807, 2.05) is 6.07 Å². The van der Waals surface area contributed by atoms with E-state index < -0.39 is 0 Å². The molecule has 0 fully saturated rings. The van der Waals surface area contributed by atoms with Crippen LogP contribution in [0.15, 0.2) is 185 Å².